The van der Waals surface area contributed by atoms with Crippen molar-refractivity contribution >= 4 is 33.8 Å². The quantitative estimate of drug-likeness (QED) is 0.343. The second-order valence-electron chi connectivity index (χ2n) is 9.82. The van der Waals surface area contributed by atoms with E-state index >= 15 is 0 Å². The number of hydrogen-bond donors (Lipinski definition) is 1. The van der Waals surface area contributed by atoms with Crippen molar-refractivity contribution in [2.75, 3.05) is 13.1 Å². The van der Waals surface area contributed by atoms with Crippen molar-refractivity contribution in [1.82, 2.24) is 10.2 Å². The normalized spacial score (nSPS) is 16.0. The van der Waals surface area contributed by atoms with Crippen LogP contribution in [-0.2, 0) is 4.79 Å². The van der Waals surface area contributed by atoms with Crippen LogP contribution in [0.3, 0.4) is 0 Å². The minimum Gasteiger partial charge on any atom is -0.349 e. The first kappa shape index (κ1) is 30.7. The summed E-state index contributed by atoms with van der Waals surface area (Å²) >= 11 is 3.31. The molecule has 0 spiro atoms. The molecule has 3 rings (SSSR count). The van der Waals surface area contributed by atoms with Gasteiger partial charge in [0.25, 0.3) is 5.91 Å². The van der Waals surface area contributed by atoms with E-state index in [4.69, 9.17) is 0 Å². The van der Waals surface area contributed by atoms with Gasteiger partial charge in [0.2, 0.25) is 5.91 Å². The lowest BCUT2D eigenvalue weighted by Crippen LogP contribution is -2.47. The molecule has 2 aromatic rings. The summed E-state index contributed by atoms with van der Waals surface area (Å²) < 4.78 is 79.5. The Hall–Kier alpha value is -2.82. The van der Waals surface area contributed by atoms with Crippen molar-refractivity contribution in [3.63, 3.8) is 0 Å². The maximum Gasteiger partial charge on any atom is 0.399 e. The molecule has 1 fully saturated rings. The Morgan fingerprint density at radius 3 is 2.13 bits per heavy atom. The summed E-state index contributed by atoms with van der Waals surface area (Å²) in [5.74, 6) is -3.22. The number of nitrogens with one attached hydrogen (secondary N) is 1. The molecular formula is C28H29BrF6N2O2. The highest BCUT2D eigenvalue weighted by Gasteiger charge is 2.39. The van der Waals surface area contributed by atoms with Gasteiger partial charge in [-0.15, -0.1) is 0 Å². The topological polar surface area (TPSA) is 49.4 Å². The molecule has 0 saturated carbocycles. The summed E-state index contributed by atoms with van der Waals surface area (Å²) in [5.41, 5.74) is 3.39. The lowest BCUT2D eigenvalue weighted by atomic mass is 9.91. The Balaban J connectivity index is 1.66. The second-order valence-corrected chi connectivity index (χ2v) is 10.7. The average Bonchev–Trinajstić information content (AvgIpc) is 2.81. The molecule has 1 heterocycles. The van der Waals surface area contributed by atoms with Gasteiger partial charge in [-0.2, -0.15) is 26.3 Å². The zero-order chi connectivity index (χ0) is 29.1. The fourth-order valence-electron chi connectivity index (χ4n) is 4.50. The zero-order valence-electron chi connectivity index (χ0n) is 21.6. The third kappa shape index (κ3) is 8.33. The number of aryl methyl sites for hydroxylation is 2. The number of likely N-dealkylation sites (tertiary alicyclic amines) is 1. The number of benzene rings is 2. The zero-order valence-corrected chi connectivity index (χ0v) is 23.2. The van der Waals surface area contributed by atoms with Crippen molar-refractivity contribution < 1.29 is 35.9 Å². The molecule has 4 nitrogen and oxygen atoms in total. The molecule has 0 aliphatic carbocycles. The number of nitrogens with zero attached hydrogens (tertiary/aromatic N) is 1. The van der Waals surface area contributed by atoms with Gasteiger partial charge in [-0.05, 0) is 89.5 Å². The second kappa shape index (κ2) is 12.1. The number of carbonyl (C=O) groups is 2. The van der Waals surface area contributed by atoms with Crippen LogP contribution in [0.25, 0.3) is 6.08 Å². The number of rotatable bonds is 6. The number of allylic oxidation sites excluding steroid dienone is 1. The summed E-state index contributed by atoms with van der Waals surface area (Å²) in [6.07, 6.45) is -7.49. The van der Waals surface area contributed by atoms with Crippen LogP contribution in [-0.4, -0.2) is 48.2 Å². The van der Waals surface area contributed by atoms with E-state index in [0.717, 1.165) is 27.7 Å². The van der Waals surface area contributed by atoms with Gasteiger partial charge in [-0.25, -0.2) is 0 Å². The van der Waals surface area contributed by atoms with Gasteiger partial charge in [0.05, 0.1) is 11.5 Å². The van der Waals surface area contributed by atoms with Crippen LogP contribution in [0, 0.1) is 20.8 Å². The first-order valence-electron chi connectivity index (χ1n) is 12.3. The minimum absolute atomic E-state index is 0.102. The van der Waals surface area contributed by atoms with Crippen LogP contribution >= 0.6 is 15.9 Å². The number of amides is 2. The monoisotopic (exact) mass is 618 g/mol. The highest BCUT2D eigenvalue weighted by Crippen LogP contribution is 2.38. The lowest BCUT2D eigenvalue weighted by Gasteiger charge is -2.32. The molecule has 1 unspecified atom stereocenters. The molecule has 11 heteroatoms. The predicted molar refractivity (Wildman–Crippen MR) is 140 cm³/mol. The van der Waals surface area contributed by atoms with Gasteiger partial charge in [-0.3, -0.25) is 9.59 Å². The van der Waals surface area contributed by atoms with Gasteiger partial charge in [0.1, 0.15) is 6.42 Å². The summed E-state index contributed by atoms with van der Waals surface area (Å²) in [4.78, 5) is 25.7. The molecule has 1 N–H and O–H groups in total. The summed E-state index contributed by atoms with van der Waals surface area (Å²) in [6.45, 7) is 5.63. The van der Waals surface area contributed by atoms with E-state index in [-0.39, 0.29) is 30.3 Å². The first-order valence-corrected chi connectivity index (χ1v) is 13.1. The molecule has 1 aliphatic rings. The molecule has 0 radical (unpaired) electrons. The van der Waals surface area contributed by atoms with Crippen LogP contribution in [0.5, 0.6) is 0 Å². The highest BCUT2D eigenvalue weighted by atomic mass is 79.9. The summed E-state index contributed by atoms with van der Waals surface area (Å²) in [5, 5.41) is 2.81. The highest BCUT2D eigenvalue weighted by molar-refractivity contribution is 9.10. The van der Waals surface area contributed by atoms with Crippen LogP contribution < -0.4 is 5.32 Å². The summed E-state index contributed by atoms with van der Waals surface area (Å²) in [6, 6.07) is 7.34. The molecule has 39 heavy (non-hydrogen) atoms. The van der Waals surface area contributed by atoms with E-state index in [1.54, 1.807) is 32.0 Å². The minimum atomic E-state index is -4.57. The van der Waals surface area contributed by atoms with E-state index in [2.05, 4.69) is 21.2 Å². The Bertz CT molecular complexity index is 1220. The fourth-order valence-corrected chi connectivity index (χ4v) is 5.08. The van der Waals surface area contributed by atoms with Gasteiger partial charge < -0.3 is 10.2 Å². The number of piperidine rings is 1. The van der Waals surface area contributed by atoms with Gasteiger partial charge in [-0.1, -0.05) is 30.4 Å². The Labute approximate surface area is 231 Å². The van der Waals surface area contributed by atoms with Crippen molar-refractivity contribution in [2.45, 2.75) is 64.3 Å². The maximum atomic E-state index is 13.9. The van der Waals surface area contributed by atoms with E-state index in [1.165, 1.54) is 18.2 Å². The average molecular weight is 619 g/mol. The van der Waals surface area contributed by atoms with Crippen LogP contribution in [0.4, 0.5) is 26.3 Å². The number of hydrogen-bond acceptors (Lipinski definition) is 2. The van der Waals surface area contributed by atoms with Crippen LogP contribution in [0.15, 0.2) is 40.9 Å². The number of carbonyl (C=O) groups excluding carboxylic acids is 2. The summed E-state index contributed by atoms with van der Waals surface area (Å²) in [7, 11) is 0. The predicted octanol–water partition coefficient (Wildman–Crippen LogP) is 7.41. The molecule has 1 saturated heterocycles. The first-order chi connectivity index (χ1) is 18.0. The van der Waals surface area contributed by atoms with Crippen molar-refractivity contribution in [1.29, 1.82) is 0 Å². The van der Waals surface area contributed by atoms with Crippen LogP contribution in [0.2, 0.25) is 0 Å². The van der Waals surface area contributed by atoms with E-state index < -0.39 is 36.5 Å². The largest absolute Gasteiger partial charge is 0.399 e. The van der Waals surface area contributed by atoms with Gasteiger partial charge in [0, 0.05) is 23.6 Å². The third-order valence-corrected chi connectivity index (χ3v) is 7.57. The molecule has 212 valence electrons. The van der Waals surface area contributed by atoms with Gasteiger partial charge >= 0.3 is 12.4 Å². The molecule has 0 aromatic heterocycles. The molecular weight excluding hydrogens is 590 g/mol. The third-order valence-electron chi connectivity index (χ3n) is 6.91. The fraction of sp³-hybridized carbons (Fsp3) is 0.429. The number of alkyl halides is 6. The molecule has 1 aliphatic heterocycles. The molecule has 1 atom stereocenters. The lowest BCUT2D eigenvalue weighted by molar-refractivity contribution is -0.162. The molecule has 2 amide bonds. The Morgan fingerprint density at radius 2 is 1.62 bits per heavy atom. The van der Waals surface area contributed by atoms with Gasteiger partial charge in [0.15, 0.2) is 0 Å². The van der Waals surface area contributed by atoms with Crippen molar-refractivity contribution in [3.05, 3.63) is 74.3 Å². The van der Waals surface area contributed by atoms with E-state index in [0.29, 0.717) is 22.9 Å². The molecule has 0 bridgehead atoms. The van der Waals surface area contributed by atoms with E-state index in [9.17, 15) is 35.9 Å². The van der Waals surface area contributed by atoms with Crippen molar-refractivity contribution in [3.8, 4) is 0 Å². The Kier molecular flexibility index (Phi) is 9.56. The Morgan fingerprint density at radius 1 is 1.03 bits per heavy atom. The van der Waals surface area contributed by atoms with Crippen LogP contribution in [0.1, 0.15) is 63.4 Å². The van der Waals surface area contributed by atoms with Crippen molar-refractivity contribution in [2.24, 2.45) is 0 Å². The van der Waals surface area contributed by atoms with E-state index in [1.807, 2.05) is 6.92 Å². The standard InChI is InChI=1S/C28H29BrF6N2O2/c1-16-12-20(13-17(2)18(16)3)23(28(33,34)35)7-5-19-4-6-22(24(29)14-19)26(39)36-21-8-10-37(11-9-21)25(38)15-27(30,31)32/h4-7,12-14,21,23H,8-11,15H2,1-3H3,(H,36,39)/b7-5+. The smallest absolute Gasteiger partial charge is 0.349 e. The molecule has 2 aromatic carbocycles. The maximum absolute atomic E-state index is 13.9. The SMILES string of the molecule is Cc1cc(C(/C=C/c2ccc(C(=O)NC3CCN(C(=O)CC(F)(F)F)CC3)c(Br)c2)C(F)(F)F)cc(C)c1C. The number of halogens is 7.